The molecular formula is C15H12F2N2O2S. The fourth-order valence-corrected chi connectivity index (χ4v) is 4.03. The second-order valence-corrected chi connectivity index (χ2v) is 6.41. The lowest BCUT2D eigenvalue weighted by Crippen LogP contribution is -2.13. The third-order valence-corrected chi connectivity index (χ3v) is 5.04. The second kappa shape index (κ2) is 4.25. The monoisotopic (exact) mass is 322 g/mol. The number of nitrogens with one attached hydrogen (secondary N) is 1. The van der Waals surface area contributed by atoms with Crippen molar-refractivity contribution >= 4 is 18.2 Å². The molecule has 1 aliphatic heterocycles. The molecule has 1 fully saturated rings. The van der Waals surface area contributed by atoms with Crippen molar-refractivity contribution in [1.29, 1.82) is 0 Å². The lowest BCUT2D eigenvalue weighted by atomic mass is 9.94. The van der Waals surface area contributed by atoms with Crippen molar-refractivity contribution < 1.29 is 18.7 Å². The Morgan fingerprint density at radius 1 is 1.41 bits per heavy atom. The number of hydrogen-bond donors (Lipinski definition) is 2. The zero-order valence-electron chi connectivity index (χ0n) is 11.4. The molecule has 0 saturated heterocycles. The van der Waals surface area contributed by atoms with E-state index in [-0.39, 0.29) is 17.8 Å². The molecule has 0 unspecified atom stereocenters. The van der Waals surface area contributed by atoms with E-state index in [0.29, 0.717) is 22.6 Å². The van der Waals surface area contributed by atoms with Gasteiger partial charge in [-0.1, -0.05) is 0 Å². The van der Waals surface area contributed by atoms with Gasteiger partial charge in [0.1, 0.15) is 11.6 Å². The number of aromatic nitrogens is 2. The largest absolute Gasteiger partial charge is 0.481 e. The number of carboxylic acids is 1. The van der Waals surface area contributed by atoms with Crippen LogP contribution in [0.4, 0.5) is 8.78 Å². The van der Waals surface area contributed by atoms with Gasteiger partial charge in [0.2, 0.25) is 0 Å². The number of halogens is 2. The fraction of sp³-hybridized carbons (Fsp3) is 0.333. The Balaban J connectivity index is 1.78. The van der Waals surface area contributed by atoms with Crippen LogP contribution in [0, 0.1) is 16.4 Å². The van der Waals surface area contributed by atoms with Gasteiger partial charge >= 0.3 is 5.97 Å². The molecule has 2 heterocycles. The van der Waals surface area contributed by atoms with Gasteiger partial charge in [-0.25, -0.2) is 8.78 Å². The summed E-state index contributed by atoms with van der Waals surface area (Å²) < 4.78 is 29.3. The molecule has 1 aliphatic carbocycles. The smallest absolute Gasteiger partial charge is 0.309 e. The highest BCUT2D eigenvalue weighted by Crippen LogP contribution is 2.66. The summed E-state index contributed by atoms with van der Waals surface area (Å²) in [6.07, 6.45) is 0.630. The van der Waals surface area contributed by atoms with Gasteiger partial charge in [-0.3, -0.25) is 4.79 Å². The number of rotatable bonds is 3. The number of carbonyl (C=O) groups is 1. The topological polar surface area (TPSA) is 58.0 Å². The average molecular weight is 322 g/mol. The van der Waals surface area contributed by atoms with Crippen molar-refractivity contribution in [2.75, 3.05) is 0 Å². The number of hydrogen-bond acceptors (Lipinski definition) is 2. The second-order valence-electron chi connectivity index (χ2n) is 6.02. The van der Waals surface area contributed by atoms with Gasteiger partial charge in [0, 0.05) is 35.3 Å². The molecule has 1 saturated carbocycles. The molecule has 2 atom stereocenters. The molecule has 2 N–H and O–H groups in total. The molecule has 0 spiro atoms. The van der Waals surface area contributed by atoms with Gasteiger partial charge in [0.15, 0.2) is 4.77 Å². The molecular weight excluding hydrogens is 310 g/mol. The summed E-state index contributed by atoms with van der Waals surface area (Å²) in [6, 6.07) is 3.58. The van der Waals surface area contributed by atoms with Gasteiger partial charge < -0.3 is 14.7 Å². The number of imidazole rings is 1. The summed E-state index contributed by atoms with van der Waals surface area (Å²) in [5.74, 6) is -2.06. The van der Waals surface area contributed by atoms with Crippen molar-refractivity contribution in [1.82, 2.24) is 9.55 Å². The van der Waals surface area contributed by atoms with Crippen LogP contribution in [0.3, 0.4) is 0 Å². The summed E-state index contributed by atoms with van der Waals surface area (Å²) in [5.41, 5.74) is 1.74. The molecule has 22 heavy (non-hydrogen) atoms. The van der Waals surface area contributed by atoms with E-state index >= 15 is 0 Å². The molecule has 0 bridgehead atoms. The maximum atomic E-state index is 13.5. The Morgan fingerprint density at radius 3 is 2.73 bits per heavy atom. The molecule has 0 amide bonds. The van der Waals surface area contributed by atoms with Crippen molar-refractivity contribution in [3.63, 3.8) is 0 Å². The van der Waals surface area contributed by atoms with Gasteiger partial charge in [-0.05, 0) is 36.3 Å². The quantitative estimate of drug-likeness (QED) is 0.854. The minimum Gasteiger partial charge on any atom is -0.481 e. The van der Waals surface area contributed by atoms with Gasteiger partial charge in [-0.2, -0.15) is 0 Å². The van der Waals surface area contributed by atoms with Crippen LogP contribution < -0.4 is 0 Å². The van der Waals surface area contributed by atoms with E-state index in [4.69, 9.17) is 17.3 Å². The van der Waals surface area contributed by atoms with E-state index in [1.165, 1.54) is 12.1 Å². The Kier molecular flexibility index (Phi) is 2.64. The van der Waals surface area contributed by atoms with Crippen LogP contribution >= 0.6 is 12.2 Å². The highest BCUT2D eigenvalue weighted by molar-refractivity contribution is 7.71. The van der Waals surface area contributed by atoms with Gasteiger partial charge in [0.25, 0.3) is 0 Å². The molecule has 2 aliphatic rings. The zero-order chi connectivity index (χ0) is 15.6. The van der Waals surface area contributed by atoms with Crippen LogP contribution in [0.15, 0.2) is 18.2 Å². The molecule has 4 nitrogen and oxygen atoms in total. The first kappa shape index (κ1) is 13.6. The summed E-state index contributed by atoms with van der Waals surface area (Å²) in [4.78, 5) is 13.9. The number of H-pyrrole nitrogens is 1. The van der Waals surface area contributed by atoms with Crippen LogP contribution in [0.1, 0.15) is 29.3 Å². The van der Waals surface area contributed by atoms with E-state index < -0.39 is 17.6 Å². The van der Waals surface area contributed by atoms with Crippen LogP contribution in [0.5, 0.6) is 0 Å². The van der Waals surface area contributed by atoms with Crippen molar-refractivity contribution in [3.05, 3.63) is 51.6 Å². The molecule has 1 aromatic heterocycles. The lowest BCUT2D eigenvalue weighted by molar-refractivity contribution is -0.136. The lowest BCUT2D eigenvalue weighted by Gasteiger charge is -2.13. The Morgan fingerprint density at radius 2 is 2.09 bits per heavy atom. The number of aromatic amines is 1. The first-order valence-electron chi connectivity index (χ1n) is 6.91. The number of fused-ring (bicyclic) bond motifs is 3. The normalized spacial score (nSPS) is 24.9. The Bertz CT molecular complexity index is 853. The molecule has 0 radical (unpaired) electrons. The number of benzene rings is 1. The third kappa shape index (κ3) is 1.78. The summed E-state index contributed by atoms with van der Waals surface area (Å²) in [6.45, 7) is 0.533. The van der Waals surface area contributed by atoms with Crippen molar-refractivity contribution in [2.24, 2.45) is 0 Å². The van der Waals surface area contributed by atoms with E-state index in [0.717, 1.165) is 18.2 Å². The SMILES string of the molecule is O=C(O)Cc1[nH]c(=S)n2c1[C@@H]1C[C@]1(c1cc(F)cc(F)c1)C2. The predicted molar refractivity (Wildman–Crippen MR) is 76.4 cm³/mol. The van der Waals surface area contributed by atoms with Crippen LogP contribution in [0.25, 0.3) is 0 Å². The van der Waals surface area contributed by atoms with E-state index in [1.54, 1.807) is 0 Å². The highest BCUT2D eigenvalue weighted by Gasteiger charge is 2.62. The number of nitrogens with zero attached hydrogens (tertiary/aromatic N) is 1. The maximum absolute atomic E-state index is 13.5. The Hall–Kier alpha value is -2.02. The maximum Gasteiger partial charge on any atom is 0.309 e. The van der Waals surface area contributed by atoms with Gasteiger partial charge in [0.05, 0.1) is 6.42 Å². The number of aliphatic carboxylic acids is 1. The van der Waals surface area contributed by atoms with Gasteiger partial charge in [-0.15, -0.1) is 0 Å². The molecule has 2 aromatic rings. The molecule has 4 rings (SSSR count). The van der Waals surface area contributed by atoms with Crippen LogP contribution in [-0.2, 0) is 23.2 Å². The minimum absolute atomic E-state index is 0.0657. The van der Waals surface area contributed by atoms with Crippen molar-refractivity contribution in [3.8, 4) is 0 Å². The third-order valence-electron chi connectivity index (χ3n) is 4.71. The van der Waals surface area contributed by atoms with Crippen LogP contribution in [-0.4, -0.2) is 20.6 Å². The Labute approximate surface area is 129 Å². The molecule has 7 heteroatoms. The predicted octanol–water partition coefficient (Wildman–Crippen LogP) is 2.89. The van der Waals surface area contributed by atoms with E-state index in [1.807, 2.05) is 4.57 Å². The van der Waals surface area contributed by atoms with E-state index in [9.17, 15) is 13.6 Å². The average Bonchev–Trinajstić information content (AvgIpc) is 2.91. The van der Waals surface area contributed by atoms with Crippen LogP contribution in [0.2, 0.25) is 0 Å². The standard InChI is InChI=1S/C15H12F2N2O2S/c16-8-1-7(2-9(17)3-8)15-5-10(15)13-11(4-12(20)21)18-14(22)19(13)6-15/h1-3,10H,4-6H2,(H,18,22)(H,20,21)/t10-,15+/m0/s1. The number of carboxylic acid groups (broad SMARTS) is 1. The first-order chi connectivity index (χ1) is 10.4. The summed E-state index contributed by atoms with van der Waals surface area (Å²) in [7, 11) is 0. The fourth-order valence-electron chi connectivity index (χ4n) is 3.75. The van der Waals surface area contributed by atoms with E-state index in [2.05, 4.69) is 4.98 Å². The highest BCUT2D eigenvalue weighted by atomic mass is 32.1. The first-order valence-corrected chi connectivity index (χ1v) is 7.31. The zero-order valence-corrected chi connectivity index (χ0v) is 12.2. The van der Waals surface area contributed by atoms with Crippen molar-refractivity contribution in [2.45, 2.75) is 30.7 Å². The summed E-state index contributed by atoms with van der Waals surface area (Å²) >= 11 is 5.24. The summed E-state index contributed by atoms with van der Waals surface area (Å²) in [5, 5.41) is 9.00. The minimum atomic E-state index is -0.936. The molecule has 1 aromatic carbocycles. The molecule has 114 valence electrons.